The Labute approximate surface area is 149 Å². The van der Waals surface area contributed by atoms with Crippen molar-refractivity contribution < 1.29 is 13.2 Å². The SMILES string of the molecule is CCCCN(C)C(=O)C1CCN(S(=O)(=O)c2ccc(CC)s2)CC1. The average molecular weight is 373 g/mol. The molecule has 0 bridgehead atoms. The minimum atomic E-state index is -3.41. The van der Waals surface area contributed by atoms with Crippen LogP contribution in [0.25, 0.3) is 0 Å². The number of aryl methyl sites for hydroxylation is 1. The minimum absolute atomic E-state index is 0.0483. The van der Waals surface area contributed by atoms with Gasteiger partial charge in [-0.1, -0.05) is 20.3 Å². The maximum absolute atomic E-state index is 12.7. The van der Waals surface area contributed by atoms with E-state index in [1.807, 2.05) is 20.0 Å². The normalized spacial score (nSPS) is 17.1. The molecule has 1 aromatic heterocycles. The molecule has 1 fully saturated rings. The second kappa shape index (κ2) is 8.45. The summed E-state index contributed by atoms with van der Waals surface area (Å²) in [5, 5.41) is 0. The Morgan fingerprint density at radius 1 is 1.29 bits per heavy atom. The molecule has 1 saturated heterocycles. The molecule has 0 radical (unpaired) electrons. The zero-order valence-corrected chi connectivity index (χ0v) is 16.5. The Morgan fingerprint density at radius 3 is 2.50 bits per heavy atom. The molecule has 136 valence electrons. The third-order valence-electron chi connectivity index (χ3n) is 4.61. The predicted molar refractivity (Wildman–Crippen MR) is 97.7 cm³/mol. The molecule has 2 heterocycles. The molecule has 0 aliphatic carbocycles. The summed E-state index contributed by atoms with van der Waals surface area (Å²) in [7, 11) is -1.56. The summed E-state index contributed by atoms with van der Waals surface area (Å²) < 4.78 is 27.4. The lowest BCUT2D eigenvalue weighted by Crippen LogP contribution is -2.43. The summed E-state index contributed by atoms with van der Waals surface area (Å²) in [5.74, 6) is 0.109. The van der Waals surface area contributed by atoms with Crippen LogP contribution in [0.2, 0.25) is 0 Å². The van der Waals surface area contributed by atoms with Crippen LogP contribution in [0.15, 0.2) is 16.3 Å². The number of hydrogen-bond donors (Lipinski definition) is 0. The van der Waals surface area contributed by atoms with Crippen molar-refractivity contribution in [3.8, 4) is 0 Å². The highest BCUT2D eigenvalue weighted by Crippen LogP contribution is 2.29. The molecule has 1 aromatic rings. The smallest absolute Gasteiger partial charge is 0.252 e. The molecule has 7 heteroatoms. The molecule has 2 rings (SSSR count). The lowest BCUT2D eigenvalue weighted by Gasteiger charge is -2.32. The van der Waals surface area contributed by atoms with Gasteiger partial charge in [-0.3, -0.25) is 4.79 Å². The average Bonchev–Trinajstić information content (AvgIpc) is 3.09. The Hall–Kier alpha value is -0.920. The molecular formula is C17H28N2O3S2. The monoisotopic (exact) mass is 372 g/mol. The number of sulfonamides is 1. The summed E-state index contributed by atoms with van der Waals surface area (Å²) >= 11 is 1.35. The molecule has 1 aliphatic heterocycles. The highest BCUT2D eigenvalue weighted by atomic mass is 32.2. The fraction of sp³-hybridized carbons (Fsp3) is 0.706. The number of carbonyl (C=O) groups is 1. The zero-order chi connectivity index (χ0) is 17.7. The quantitative estimate of drug-likeness (QED) is 0.739. The fourth-order valence-electron chi connectivity index (χ4n) is 2.97. The number of amides is 1. The van der Waals surface area contributed by atoms with E-state index in [4.69, 9.17) is 0 Å². The standard InChI is InChI=1S/C17H28N2O3S2/c1-4-6-11-18(3)17(20)14-9-12-19(13-10-14)24(21,22)16-8-7-15(5-2)23-16/h7-8,14H,4-6,9-13H2,1-3H3. The second-order valence-electron chi connectivity index (χ2n) is 6.37. The number of carbonyl (C=O) groups excluding carboxylic acids is 1. The first-order chi connectivity index (χ1) is 11.4. The van der Waals surface area contributed by atoms with Gasteiger partial charge in [0.2, 0.25) is 5.91 Å². The van der Waals surface area contributed by atoms with E-state index in [0.29, 0.717) is 30.1 Å². The van der Waals surface area contributed by atoms with Crippen molar-refractivity contribution in [2.75, 3.05) is 26.7 Å². The first kappa shape index (κ1) is 19.4. The summed E-state index contributed by atoms with van der Waals surface area (Å²) in [6.07, 6.45) is 4.14. The number of hydrogen-bond acceptors (Lipinski definition) is 4. The van der Waals surface area contributed by atoms with E-state index in [1.165, 1.54) is 15.6 Å². The maximum Gasteiger partial charge on any atom is 0.252 e. The number of rotatable bonds is 7. The Bertz CT molecular complexity index is 647. The maximum atomic E-state index is 12.7. The van der Waals surface area contributed by atoms with Crippen LogP contribution in [0.1, 0.15) is 44.4 Å². The topological polar surface area (TPSA) is 57.7 Å². The van der Waals surface area contributed by atoms with Crippen molar-refractivity contribution in [2.45, 2.75) is 50.2 Å². The lowest BCUT2D eigenvalue weighted by molar-refractivity contribution is -0.135. The van der Waals surface area contributed by atoms with Gasteiger partial charge in [0.15, 0.2) is 0 Å². The molecule has 0 unspecified atom stereocenters. The molecule has 0 spiro atoms. The van der Waals surface area contributed by atoms with Crippen LogP contribution in [0.4, 0.5) is 0 Å². The van der Waals surface area contributed by atoms with Crippen LogP contribution in [0, 0.1) is 5.92 Å². The highest BCUT2D eigenvalue weighted by Gasteiger charge is 2.33. The van der Waals surface area contributed by atoms with Gasteiger partial charge in [-0.05, 0) is 37.8 Å². The van der Waals surface area contributed by atoms with Gasteiger partial charge < -0.3 is 4.90 Å². The first-order valence-corrected chi connectivity index (χ1v) is 11.0. The van der Waals surface area contributed by atoms with Crippen molar-refractivity contribution >= 4 is 27.3 Å². The number of thiophene rings is 1. The Balaban J connectivity index is 1.95. The van der Waals surface area contributed by atoms with Gasteiger partial charge in [0, 0.05) is 37.5 Å². The number of piperidine rings is 1. The van der Waals surface area contributed by atoms with Crippen molar-refractivity contribution in [2.24, 2.45) is 5.92 Å². The number of unbranched alkanes of at least 4 members (excludes halogenated alkanes) is 1. The van der Waals surface area contributed by atoms with Gasteiger partial charge in [-0.25, -0.2) is 8.42 Å². The van der Waals surface area contributed by atoms with E-state index in [9.17, 15) is 13.2 Å². The fourth-order valence-corrected chi connectivity index (χ4v) is 5.89. The van der Waals surface area contributed by atoms with Crippen molar-refractivity contribution in [3.05, 3.63) is 17.0 Å². The van der Waals surface area contributed by atoms with E-state index in [-0.39, 0.29) is 11.8 Å². The van der Waals surface area contributed by atoms with E-state index in [0.717, 1.165) is 30.7 Å². The second-order valence-corrected chi connectivity index (χ2v) is 9.70. The third kappa shape index (κ3) is 4.37. The minimum Gasteiger partial charge on any atom is -0.346 e. The van der Waals surface area contributed by atoms with Crippen molar-refractivity contribution in [3.63, 3.8) is 0 Å². The summed E-state index contributed by atoms with van der Waals surface area (Å²) in [4.78, 5) is 15.3. The molecular weight excluding hydrogens is 344 g/mol. The van der Waals surface area contributed by atoms with Gasteiger partial charge in [0.1, 0.15) is 4.21 Å². The van der Waals surface area contributed by atoms with Crippen molar-refractivity contribution in [1.82, 2.24) is 9.21 Å². The summed E-state index contributed by atoms with van der Waals surface area (Å²) in [5.41, 5.74) is 0. The van der Waals surface area contributed by atoms with Crippen LogP contribution in [-0.4, -0.2) is 50.2 Å². The number of nitrogens with zero attached hydrogens (tertiary/aromatic N) is 2. The molecule has 5 nitrogen and oxygen atoms in total. The Morgan fingerprint density at radius 2 is 1.96 bits per heavy atom. The van der Waals surface area contributed by atoms with Crippen LogP contribution in [0.3, 0.4) is 0 Å². The highest BCUT2D eigenvalue weighted by molar-refractivity contribution is 7.91. The molecule has 0 atom stereocenters. The van der Waals surface area contributed by atoms with E-state index in [1.54, 1.807) is 11.0 Å². The molecule has 0 saturated carbocycles. The summed E-state index contributed by atoms with van der Waals surface area (Å²) in [6.45, 7) is 5.77. The van der Waals surface area contributed by atoms with Gasteiger partial charge >= 0.3 is 0 Å². The predicted octanol–water partition coefficient (Wildman–Crippen LogP) is 2.97. The molecule has 0 aromatic carbocycles. The van der Waals surface area contributed by atoms with Gasteiger partial charge in [0.25, 0.3) is 10.0 Å². The summed E-state index contributed by atoms with van der Waals surface area (Å²) in [6, 6.07) is 3.59. The van der Waals surface area contributed by atoms with Gasteiger partial charge in [-0.2, -0.15) is 4.31 Å². The molecule has 1 aliphatic rings. The van der Waals surface area contributed by atoms with Gasteiger partial charge in [-0.15, -0.1) is 11.3 Å². The van der Waals surface area contributed by atoms with Crippen LogP contribution < -0.4 is 0 Å². The van der Waals surface area contributed by atoms with Crippen molar-refractivity contribution in [1.29, 1.82) is 0 Å². The first-order valence-electron chi connectivity index (χ1n) is 8.74. The van der Waals surface area contributed by atoms with Crippen LogP contribution >= 0.6 is 11.3 Å². The largest absolute Gasteiger partial charge is 0.346 e. The van der Waals surface area contributed by atoms with Gasteiger partial charge in [0.05, 0.1) is 0 Å². The lowest BCUT2D eigenvalue weighted by atomic mass is 9.96. The van der Waals surface area contributed by atoms with E-state index in [2.05, 4.69) is 6.92 Å². The molecule has 24 heavy (non-hydrogen) atoms. The molecule has 1 amide bonds. The zero-order valence-electron chi connectivity index (χ0n) is 14.8. The van der Waals surface area contributed by atoms with E-state index < -0.39 is 10.0 Å². The molecule has 0 N–H and O–H groups in total. The Kier molecular flexibility index (Phi) is 6.83. The van der Waals surface area contributed by atoms with Crippen LogP contribution in [-0.2, 0) is 21.2 Å². The third-order valence-corrected chi connectivity index (χ3v) is 8.20. The van der Waals surface area contributed by atoms with E-state index >= 15 is 0 Å². The van der Waals surface area contributed by atoms with Crippen LogP contribution in [0.5, 0.6) is 0 Å².